The molecule has 0 bridgehead atoms. The number of hydrogen-bond donors (Lipinski definition) is 1. The van der Waals surface area contributed by atoms with Gasteiger partial charge in [-0.2, -0.15) is 0 Å². The zero-order valence-electron chi connectivity index (χ0n) is 16.0. The van der Waals surface area contributed by atoms with E-state index in [1.54, 1.807) is 36.4 Å². The SMILES string of the molecule is C=CCOc1ccccc1NC(=O)c1ccccc1OCCOc1ccccc1. The quantitative estimate of drug-likeness (QED) is 0.393. The van der Waals surface area contributed by atoms with Crippen molar-refractivity contribution in [3.8, 4) is 17.2 Å². The Hall–Kier alpha value is -3.73. The average Bonchev–Trinajstić information content (AvgIpc) is 2.77. The summed E-state index contributed by atoms with van der Waals surface area (Å²) < 4.78 is 17.0. The number of hydrogen-bond acceptors (Lipinski definition) is 4. The fourth-order valence-corrected chi connectivity index (χ4v) is 2.64. The summed E-state index contributed by atoms with van der Waals surface area (Å²) in [7, 11) is 0. The maximum atomic E-state index is 12.8. The van der Waals surface area contributed by atoms with Crippen molar-refractivity contribution < 1.29 is 19.0 Å². The van der Waals surface area contributed by atoms with Gasteiger partial charge in [-0.05, 0) is 36.4 Å². The van der Waals surface area contributed by atoms with Crippen molar-refractivity contribution in [2.24, 2.45) is 0 Å². The molecule has 0 saturated heterocycles. The van der Waals surface area contributed by atoms with Crippen LogP contribution in [0.4, 0.5) is 5.69 Å². The minimum Gasteiger partial charge on any atom is -0.490 e. The second-order valence-electron chi connectivity index (χ2n) is 6.06. The predicted molar refractivity (Wildman–Crippen MR) is 114 cm³/mol. The molecule has 5 nitrogen and oxygen atoms in total. The molecular formula is C24H23NO4. The number of benzene rings is 3. The van der Waals surface area contributed by atoms with E-state index in [0.29, 0.717) is 42.6 Å². The van der Waals surface area contributed by atoms with Gasteiger partial charge in [0.2, 0.25) is 0 Å². The molecule has 0 heterocycles. The van der Waals surface area contributed by atoms with Crippen LogP contribution in [0.25, 0.3) is 0 Å². The van der Waals surface area contributed by atoms with Crippen molar-refractivity contribution in [1.82, 2.24) is 0 Å². The summed E-state index contributed by atoms with van der Waals surface area (Å²) in [5.74, 6) is 1.57. The van der Waals surface area contributed by atoms with Crippen LogP contribution in [0.15, 0.2) is 91.5 Å². The Morgan fingerprint density at radius 1 is 0.793 bits per heavy atom. The van der Waals surface area contributed by atoms with Crippen molar-refractivity contribution in [3.05, 3.63) is 97.1 Å². The molecule has 0 fully saturated rings. The van der Waals surface area contributed by atoms with Gasteiger partial charge in [0.25, 0.3) is 5.91 Å². The van der Waals surface area contributed by atoms with Gasteiger partial charge < -0.3 is 19.5 Å². The number of rotatable bonds is 10. The molecule has 0 radical (unpaired) electrons. The van der Waals surface area contributed by atoms with Crippen molar-refractivity contribution in [1.29, 1.82) is 0 Å². The van der Waals surface area contributed by atoms with E-state index in [0.717, 1.165) is 5.75 Å². The first-order chi connectivity index (χ1) is 14.3. The zero-order chi connectivity index (χ0) is 20.3. The Labute approximate surface area is 170 Å². The molecule has 0 saturated carbocycles. The topological polar surface area (TPSA) is 56.8 Å². The molecule has 148 valence electrons. The second kappa shape index (κ2) is 10.6. The van der Waals surface area contributed by atoms with E-state index >= 15 is 0 Å². The molecule has 0 atom stereocenters. The van der Waals surface area contributed by atoms with Crippen molar-refractivity contribution >= 4 is 11.6 Å². The van der Waals surface area contributed by atoms with Crippen LogP contribution in [0.1, 0.15) is 10.4 Å². The van der Waals surface area contributed by atoms with Crippen LogP contribution in [0.5, 0.6) is 17.2 Å². The van der Waals surface area contributed by atoms with Crippen molar-refractivity contribution in [2.75, 3.05) is 25.1 Å². The van der Waals surface area contributed by atoms with Gasteiger partial charge in [0.15, 0.2) is 0 Å². The highest BCUT2D eigenvalue weighted by molar-refractivity contribution is 6.06. The zero-order valence-corrected chi connectivity index (χ0v) is 16.0. The number of carbonyl (C=O) groups is 1. The number of anilines is 1. The van der Waals surface area contributed by atoms with Gasteiger partial charge >= 0.3 is 0 Å². The summed E-state index contributed by atoms with van der Waals surface area (Å²) in [6.45, 7) is 4.69. The minimum absolute atomic E-state index is 0.278. The standard InChI is InChI=1S/C24H23NO4/c1-2-16-28-23-15-9-7-13-21(23)25-24(26)20-12-6-8-14-22(20)29-18-17-27-19-10-4-3-5-11-19/h2-15H,1,16-18H2,(H,25,26). The van der Waals surface area contributed by atoms with Gasteiger partial charge in [0.1, 0.15) is 37.1 Å². The number of nitrogens with one attached hydrogen (secondary N) is 1. The molecule has 29 heavy (non-hydrogen) atoms. The summed E-state index contributed by atoms with van der Waals surface area (Å²) in [5, 5.41) is 2.88. The smallest absolute Gasteiger partial charge is 0.259 e. The highest BCUT2D eigenvalue weighted by atomic mass is 16.5. The monoisotopic (exact) mass is 389 g/mol. The second-order valence-corrected chi connectivity index (χ2v) is 6.06. The molecular weight excluding hydrogens is 366 g/mol. The first kappa shape index (κ1) is 20.0. The fourth-order valence-electron chi connectivity index (χ4n) is 2.64. The van der Waals surface area contributed by atoms with Crippen molar-refractivity contribution in [3.63, 3.8) is 0 Å². The minimum atomic E-state index is -0.278. The van der Waals surface area contributed by atoms with Crippen LogP contribution < -0.4 is 19.5 Å². The molecule has 5 heteroatoms. The summed E-state index contributed by atoms with van der Waals surface area (Å²) >= 11 is 0. The lowest BCUT2D eigenvalue weighted by molar-refractivity contribution is 0.102. The highest BCUT2D eigenvalue weighted by Crippen LogP contribution is 2.26. The number of ether oxygens (including phenoxy) is 3. The Balaban J connectivity index is 1.62. The van der Waals surface area contributed by atoms with Crippen LogP contribution in [-0.2, 0) is 0 Å². The summed E-state index contributed by atoms with van der Waals surface area (Å²) in [6.07, 6.45) is 1.65. The van der Waals surface area contributed by atoms with E-state index in [-0.39, 0.29) is 5.91 Å². The Morgan fingerprint density at radius 2 is 1.45 bits per heavy atom. The third-order valence-electron chi connectivity index (χ3n) is 3.98. The first-order valence-electron chi connectivity index (χ1n) is 9.31. The lowest BCUT2D eigenvalue weighted by Crippen LogP contribution is -2.16. The Bertz CT molecular complexity index is 940. The molecule has 0 spiro atoms. The highest BCUT2D eigenvalue weighted by Gasteiger charge is 2.14. The maximum absolute atomic E-state index is 12.8. The van der Waals surface area contributed by atoms with E-state index < -0.39 is 0 Å². The van der Waals surface area contributed by atoms with Crippen LogP contribution >= 0.6 is 0 Å². The van der Waals surface area contributed by atoms with E-state index in [4.69, 9.17) is 14.2 Å². The van der Waals surface area contributed by atoms with Gasteiger partial charge in [0, 0.05) is 0 Å². The molecule has 3 aromatic carbocycles. The van der Waals surface area contributed by atoms with E-state index in [1.807, 2.05) is 48.5 Å². The van der Waals surface area contributed by atoms with E-state index in [1.165, 1.54) is 0 Å². The number of amides is 1. The largest absolute Gasteiger partial charge is 0.490 e. The normalized spacial score (nSPS) is 10.1. The van der Waals surface area contributed by atoms with Crippen molar-refractivity contribution in [2.45, 2.75) is 0 Å². The Morgan fingerprint density at radius 3 is 2.24 bits per heavy atom. The summed E-state index contributed by atoms with van der Waals surface area (Å²) in [6, 6.07) is 23.9. The molecule has 1 N–H and O–H groups in total. The third kappa shape index (κ3) is 5.87. The molecule has 0 aliphatic heterocycles. The first-order valence-corrected chi connectivity index (χ1v) is 9.31. The molecule has 3 rings (SSSR count). The Kier molecular flexibility index (Phi) is 7.29. The van der Waals surface area contributed by atoms with Gasteiger partial charge in [-0.25, -0.2) is 0 Å². The van der Waals surface area contributed by atoms with Gasteiger partial charge in [-0.1, -0.05) is 55.1 Å². The molecule has 0 unspecified atom stereocenters. The lowest BCUT2D eigenvalue weighted by atomic mass is 10.1. The van der Waals surface area contributed by atoms with Crippen LogP contribution in [0, 0.1) is 0 Å². The van der Waals surface area contributed by atoms with Gasteiger partial charge in [0.05, 0.1) is 11.3 Å². The van der Waals surface area contributed by atoms with Gasteiger partial charge in [-0.3, -0.25) is 4.79 Å². The molecule has 0 aromatic heterocycles. The van der Waals surface area contributed by atoms with Crippen LogP contribution in [0.3, 0.4) is 0 Å². The van der Waals surface area contributed by atoms with Crippen LogP contribution in [0.2, 0.25) is 0 Å². The fraction of sp³-hybridized carbons (Fsp3) is 0.125. The molecule has 0 aliphatic rings. The van der Waals surface area contributed by atoms with Gasteiger partial charge in [-0.15, -0.1) is 0 Å². The lowest BCUT2D eigenvalue weighted by Gasteiger charge is -2.14. The maximum Gasteiger partial charge on any atom is 0.259 e. The number of para-hydroxylation sites is 4. The molecule has 3 aromatic rings. The van der Waals surface area contributed by atoms with Crippen LogP contribution in [-0.4, -0.2) is 25.7 Å². The van der Waals surface area contributed by atoms with E-state index in [9.17, 15) is 4.79 Å². The summed E-state index contributed by atoms with van der Waals surface area (Å²) in [5.41, 5.74) is 1.02. The van der Waals surface area contributed by atoms with E-state index in [2.05, 4.69) is 11.9 Å². The predicted octanol–water partition coefficient (Wildman–Crippen LogP) is 4.96. The number of carbonyl (C=O) groups excluding carboxylic acids is 1. The average molecular weight is 389 g/mol. The third-order valence-corrected chi connectivity index (χ3v) is 3.98. The summed E-state index contributed by atoms with van der Waals surface area (Å²) in [4.78, 5) is 12.8. The molecule has 0 aliphatic carbocycles. The molecule has 1 amide bonds.